The summed E-state index contributed by atoms with van der Waals surface area (Å²) in [6, 6.07) is 16.4. The highest BCUT2D eigenvalue weighted by molar-refractivity contribution is 9.10. The summed E-state index contributed by atoms with van der Waals surface area (Å²) in [7, 11) is 0. The number of β-amino-alcohol motifs (C(OH)–C–C–N with tert-alkyl or cyclic N) is 1. The fourth-order valence-corrected chi connectivity index (χ4v) is 3.28. The van der Waals surface area contributed by atoms with Crippen LogP contribution in [0.25, 0.3) is 0 Å². The molecule has 1 atom stereocenters. The molecule has 0 bridgehead atoms. The van der Waals surface area contributed by atoms with Gasteiger partial charge in [-0.1, -0.05) is 33.6 Å². The molecule has 0 saturated carbocycles. The first-order valence-electron chi connectivity index (χ1n) is 8.70. The van der Waals surface area contributed by atoms with Gasteiger partial charge in [-0.05, 0) is 43.3 Å². The summed E-state index contributed by atoms with van der Waals surface area (Å²) in [5.74, 6) is 0.784. The van der Waals surface area contributed by atoms with Crippen LogP contribution in [0.1, 0.15) is 5.56 Å². The van der Waals surface area contributed by atoms with Crippen LogP contribution in [0.5, 0.6) is 5.75 Å². The molecule has 4 nitrogen and oxygen atoms in total. The summed E-state index contributed by atoms with van der Waals surface area (Å²) in [6.07, 6.45) is -0.477. The SMILES string of the molecule is Cc1ccc(N2CCN(C[C@H](O)COc3ccc(Br)cc3)CC2)cc1. The molecule has 0 aromatic heterocycles. The van der Waals surface area contributed by atoms with Gasteiger partial charge in [-0.2, -0.15) is 0 Å². The molecule has 1 N–H and O–H groups in total. The quantitative estimate of drug-likeness (QED) is 0.800. The fourth-order valence-electron chi connectivity index (χ4n) is 3.02. The second-order valence-electron chi connectivity index (χ2n) is 6.54. The zero-order chi connectivity index (χ0) is 17.6. The molecular formula is C20H25BrN2O2. The molecule has 0 amide bonds. The van der Waals surface area contributed by atoms with E-state index in [1.165, 1.54) is 11.3 Å². The maximum atomic E-state index is 10.2. The van der Waals surface area contributed by atoms with Gasteiger partial charge in [0, 0.05) is 42.9 Å². The molecular weight excluding hydrogens is 380 g/mol. The van der Waals surface area contributed by atoms with Gasteiger partial charge in [0.1, 0.15) is 18.5 Å². The van der Waals surface area contributed by atoms with Crippen LogP contribution in [-0.2, 0) is 0 Å². The average molecular weight is 405 g/mol. The van der Waals surface area contributed by atoms with Crippen molar-refractivity contribution in [3.63, 3.8) is 0 Å². The van der Waals surface area contributed by atoms with E-state index in [1.807, 2.05) is 24.3 Å². The number of rotatable bonds is 6. The van der Waals surface area contributed by atoms with E-state index in [0.717, 1.165) is 36.4 Å². The largest absolute Gasteiger partial charge is 0.491 e. The van der Waals surface area contributed by atoms with Crippen LogP contribution in [0.2, 0.25) is 0 Å². The number of hydrogen-bond acceptors (Lipinski definition) is 4. The highest BCUT2D eigenvalue weighted by Crippen LogP contribution is 2.18. The van der Waals surface area contributed by atoms with Gasteiger partial charge in [0.05, 0.1) is 0 Å². The minimum atomic E-state index is -0.477. The number of ether oxygens (including phenoxy) is 1. The molecule has 2 aromatic carbocycles. The predicted molar refractivity (Wildman–Crippen MR) is 105 cm³/mol. The van der Waals surface area contributed by atoms with Crippen molar-refractivity contribution in [2.45, 2.75) is 13.0 Å². The highest BCUT2D eigenvalue weighted by atomic mass is 79.9. The lowest BCUT2D eigenvalue weighted by Crippen LogP contribution is -2.49. The molecule has 1 fully saturated rings. The first-order chi connectivity index (χ1) is 12.1. The molecule has 3 rings (SSSR count). The molecule has 1 aliphatic rings. The minimum absolute atomic E-state index is 0.319. The molecule has 1 heterocycles. The number of anilines is 1. The Morgan fingerprint density at radius 2 is 1.64 bits per heavy atom. The summed E-state index contributed by atoms with van der Waals surface area (Å²) in [5.41, 5.74) is 2.57. The standard InChI is InChI=1S/C20H25BrN2O2/c1-16-2-6-18(7-3-16)23-12-10-22(11-13-23)14-19(24)15-25-20-8-4-17(21)5-9-20/h2-9,19,24H,10-15H2,1H3/t19-/m0/s1. The fraction of sp³-hybridized carbons (Fsp3) is 0.400. The van der Waals surface area contributed by atoms with Gasteiger partial charge < -0.3 is 14.7 Å². The lowest BCUT2D eigenvalue weighted by Gasteiger charge is -2.36. The van der Waals surface area contributed by atoms with E-state index in [2.05, 4.69) is 56.9 Å². The van der Waals surface area contributed by atoms with E-state index in [-0.39, 0.29) is 0 Å². The number of halogens is 1. The molecule has 1 aliphatic heterocycles. The lowest BCUT2D eigenvalue weighted by atomic mass is 10.2. The van der Waals surface area contributed by atoms with E-state index in [9.17, 15) is 5.11 Å². The second-order valence-corrected chi connectivity index (χ2v) is 7.46. The van der Waals surface area contributed by atoms with Gasteiger partial charge in [0.2, 0.25) is 0 Å². The van der Waals surface area contributed by atoms with Crippen molar-refractivity contribution in [3.8, 4) is 5.75 Å². The number of piperazine rings is 1. The summed E-state index contributed by atoms with van der Waals surface area (Å²) in [4.78, 5) is 4.71. The van der Waals surface area contributed by atoms with Gasteiger partial charge in [0.25, 0.3) is 0 Å². The van der Waals surface area contributed by atoms with Crippen molar-refractivity contribution in [3.05, 3.63) is 58.6 Å². The number of aryl methyl sites for hydroxylation is 1. The highest BCUT2D eigenvalue weighted by Gasteiger charge is 2.19. The predicted octanol–water partition coefficient (Wildman–Crippen LogP) is 3.32. The van der Waals surface area contributed by atoms with Crippen LogP contribution in [0.3, 0.4) is 0 Å². The van der Waals surface area contributed by atoms with Gasteiger partial charge in [-0.3, -0.25) is 4.90 Å². The Kier molecular flexibility index (Phi) is 6.34. The maximum absolute atomic E-state index is 10.2. The molecule has 134 valence electrons. The van der Waals surface area contributed by atoms with Gasteiger partial charge in [-0.25, -0.2) is 0 Å². The van der Waals surface area contributed by atoms with Crippen molar-refractivity contribution in [2.24, 2.45) is 0 Å². The van der Waals surface area contributed by atoms with Crippen molar-refractivity contribution < 1.29 is 9.84 Å². The van der Waals surface area contributed by atoms with Crippen LogP contribution >= 0.6 is 15.9 Å². The Morgan fingerprint density at radius 3 is 2.28 bits per heavy atom. The van der Waals surface area contributed by atoms with Gasteiger partial charge in [0.15, 0.2) is 0 Å². The van der Waals surface area contributed by atoms with Crippen molar-refractivity contribution in [1.29, 1.82) is 0 Å². The van der Waals surface area contributed by atoms with Crippen molar-refractivity contribution >= 4 is 21.6 Å². The number of hydrogen-bond donors (Lipinski definition) is 1. The molecule has 0 aliphatic carbocycles. The van der Waals surface area contributed by atoms with E-state index in [1.54, 1.807) is 0 Å². The van der Waals surface area contributed by atoms with Crippen LogP contribution in [-0.4, -0.2) is 55.4 Å². The summed E-state index contributed by atoms with van der Waals surface area (Å²) in [6.45, 7) is 6.98. The molecule has 0 spiro atoms. The Hall–Kier alpha value is -1.56. The number of nitrogens with zero attached hydrogens (tertiary/aromatic N) is 2. The van der Waals surface area contributed by atoms with Gasteiger partial charge >= 0.3 is 0 Å². The Labute approximate surface area is 158 Å². The molecule has 2 aromatic rings. The molecule has 25 heavy (non-hydrogen) atoms. The van der Waals surface area contributed by atoms with E-state index >= 15 is 0 Å². The van der Waals surface area contributed by atoms with Crippen LogP contribution in [0.15, 0.2) is 53.0 Å². The van der Waals surface area contributed by atoms with Crippen LogP contribution in [0.4, 0.5) is 5.69 Å². The Bertz CT molecular complexity index is 652. The Morgan fingerprint density at radius 1 is 1.00 bits per heavy atom. The normalized spacial score (nSPS) is 16.7. The lowest BCUT2D eigenvalue weighted by molar-refractivity contribution is 0.0663. The smallest absolute Gasteiger partial charge is 0.119 e. The van der Waals surface area contributed by atoms with E-state index < -0.39 is 6.10 Å². The molecule has 1 saturated heterocycles. The van der Waals surface area contributed by atoms with Gasteiger partial charge in [-0.15, -0.1) is 0 Å². The van der Waals surface area contributed by atoms with Crippen LogP contribution < -0.4 is 9.64 Å². The zero-order valence-corrected chi connectivity index (χ0v) is 16.2. The van der Waals surface area contributed by atoms with Crippen LogP contribution in [0, 0.1) is 6.92 Å². The number of aliphatic hydroxyl groups is 1. The average Bonchev–Trinajstić information content (AvgIpc) is 2.63. The third-order valence-electron chi connectivity index (χ3n) is 4.50. The van der Waals surface area contributed by atoms with Crippen molar-refractivity contribution in [2.75, 3.05) is 44.2 Å². The summed E-state index contributed by atoms with van der Waals surface area (Å²) in [5, 5.41) is 10.2. The molecule has 0 radical (unpaired) electrons. The van der Waals surface area contributed by atoms with E-state index in [4.69, 9.17) is 4.74 Å². The summed E-state index contributed by atoms with van der Waals surface area (Å²) < 4.78 is 6.68. The first-order valence-corrected chi connectivity index (χ1v) is 9.50. The minimum Gasteiger partial charge on any atom is -0.491 e. The number of aliphatic hydroxyl groups excluding tert-OH is 1. The number of benzene rings is 2. The first kappa shape index (κ1) is 18.2. The van der Waals surface area contributed by atoms with Crippen molar-refractivity contribution in [1.82, 2.24) is 4.90 Å². The Balaban J connectivity index is 1.40. The summed E-state index contributed by atoms with van der Waals surface area (Å²) >= 11 is 3.40. The molecule has 0 unspecified atom stereocenters. The van der Waals surface area contributed by atoms with E-state index in [0.29, 0.717) is 13.2 Å². The monoisotopic (exact) mass is 404 g/mol. The zero-order valence-electron chi connectivity index (χ0n) is 14.6. The third-order valence-corrected chi connectivity index (χ3v) is 5.03. The molecule has 5 heteroatoms. The second kappa shape index (κ2) is 8.70. The topological polar surface area (TPSA) is 35.9 Å². The maximum Gasteiger partial charge on any atom is 0.119 e. The third kappa shape index (κ3) is 5.46.